The number of amides is 1. The highest BCUT2D eigenvalue weighted by Crippen LogP contribution is 2.54. The minimum Gasteiger partial charge on any atom is -0.493 e. The molecule has 0 saturated carbocycles. The van der Waals surface area contributed by atoms with Crippen LogP contribution in [0.3, 0.4) is 0 Å². The van der Waals surface area contributed by atoms with E-state index in [0.29, 0.717) is 48.6 Å². The third-order valence-corrected chi connectivity index (χ3v) is 7.70. The van der Waals surface area contributed by atoms with Gasteiger partial charge in [0.25, 0.3) is 5.91 Å². The van der Waals surface area contributed by atoms with E-state index in [2.05, 4.69) is 37.9 Å². The number of ether oxygens (including phenoxy) is 3. The lowest BCUT2D eigenvalue weighted by Crippen LogP contribution is -2.45. The molecule has 0 fully saturated rings. The molecule has 8 heteroatoms. The standard InChI is InChI=1S/C30H40N2O6/c1-29(2)13-19-27(21(33)15-29)26(18-8-9-23(24(12-18)37-7)38-17-25(35)31-5)28-20(32(19)10-11-36-6)14-30(3,4)16-22(28)34/h8-9,12,26H,10-11,13-17H2,1-7H3,(H,31,35). The Labute approximate surface area is 225 Å². The summed E-state index contributed by atoms with van der Waals surface area (Å²) in [5.41, 5.74) is 3.83. The SMILES string of the molecule is CNC(=O)COc1ccc(C2C3=C(CC(C)(C)CC3=O)N(CCOC)C3=C2C(=O)CC(C)(C)C3)cc1OC. The summed E-state index contributed by atoms with van der Waals surface area (Å²) >= 11 is 0. The number of methoxy groups -OCH3 is 2. The summed E-state index contributed by atoms with van der Waals surface area (Å²) in [5.74, 6) is 0.291. The van der Waals surface area contributed by atoms with Crippen molar-refractivity contribution in [3.63, 3.8) is 0 Å². The Kier molecular flexibility index (Phi) is 7.75. The molecule has 1 aromatic carbocycles. The summed E-state index contributed by atoms with van der Waals surface area (Å²) in [6, 6.07) is 5.47. The number of carbonyl (C=O) groups is 3. The van der Waals surface area contributed by atoms with Gasteiger partial charge in [-0.3, -0.25) is 14.4 Å². The van der Waals surface area contributed by atoms with Crippen molar-refractivity contribution >= 4 is 17.5 Å². The molecule has 206 valence electrons. The Morgan fingerprint density at radius 3 is 2.03 bits per heavy atom. The molecule has 0 atom stereocenters. The van der Waals surface area contributed by atoms with Crippen LogP contribution in [0, 0.1) is 10.8 Å². The number of Topliss-reactive ketones (excluding diaryl/α,β-unsaturated/α-hetero) is 2. The first-order valence-electron chi connectivity index (χ1n) is 13.2. The summed E-state index contributed by atoms with van der Waals surface area (Å²) in [5, 5.41) is 2.53. The van der Waals surface area contributed by atoms with Gasteiger partial charge >= 0.3 is 0 Å². The van der Waals surface area contributed by atoms with E-state index in [1.165, 1.54) is 7.11 Å². The second-order valence-corrected chi connectivity index (χ2v) is 12.1. The lowest BCUT2D eigenvalue weighted by Gasteiger charge is -2.49. The predicted molar refractivity (Wildman–Crippen MR) is 144 cm³/mol. The van der Waals surface area contributed by atoms with E-state index in [-0.39, 0.29) is 34.9 Å². The molecule has 1 aliphatic heterocycles. The predicted octanol–water partition coefficient (Wildman–Crippen LogP) is 4.15. The van der Waals surface area contributed by atoms with Crippen molar-refractivity contribution < 1.29 is 28.6 Å². The van der Waals surface area contributed by atoms with Crippen LogP contribution in [0.2, 0.25) is 0 Å². The minimum absolute atomic E-state index is 0.0757. The van der Waals surface area contributed by atoms with Gasteiger partial charge in [-0.1, -0.05) is 33.8 Å². The number of nitrogens with zero attached hydrogens (tertiary/aromatic N) is 1. The maximum atomic E-state index is 13.8. The van der Waals surface area contributed by atoms with Crippen molar-refractivity contribution in [3.8, 4) is 11.5 Å². The highest BCUT2D eigenvalue weighted by atomic mass is 16.5. The Morgan fingerprint density at radius 2 is 1.53 bits per heavy atom. The van der Waals surface area contributed by atoms with Crippen molar-refractivity contribution in [3.05, 3.63) is 46.3 Å². The van der Waals surface area contributed by atoms with Gasteiger partial charge < -0.3 is 24.4 Å². The zero-order valence-corrected chi connectivity index (χ0v) is 23.7. The van der Waals surface area contributed by atoms with Gasteiger partial charge in [-0.2, -0.15) is 0 Å². The number of hydrogen-bond acceptors (Lipinski definition) is 7. The number of benzene rings is 1. The molecule has 1 N–H and O–H groups in total. The van der Waals surface area contributed by atoms with Crippen molar-refractivity contribution in [1.82, 2.24) is 10.2 Å². The lowest BCUT2D eigenvalue weighted by molar-refractivity contribution is -0.123. The molecule has 38 heavy (non-hydrogen) atoms. The Hall–Kier alpha value is -3.13. The summed E-state index contributed by atoms with van der Waals surface area (Å²) < 4.78 is 16.7. The van der Waals surface area contributed by atoms with Gasteiger partial charge in [-0.25, -0.2) is 0 Å². The van der Waals surface area contributed by atoms with E-state index in [1.54, 1.807) is 20.2 Å². The molecule has 0 unspecified atom stereocenters. The van der Waals surface area contributed by atoms with E-state index in [4.69, 9.17) is 14.2 Å². The van der Waals surface area contributed by atoms with Crippen molar-refractivity contribution in [1.29, 1.82) is 0 Å². The fourth-order valence-electron chi connectivity index (χ4n) is 6.03. The van der Waals surface area contributed by atoms with Crippen molar-refractivity contribution in [2.24, 2.45) is 10.8 Å². The van der Waals surface area contributed by atoms with Crippen LogP contribution in [-0.2, 0) is 19.1 Å². The van der Waals surface area contributed by atoms with E-state index in [9.17, 15) is 14.4 Å². The summed E-state index contributed by atoms with van der Waals surface area (Å²) in [4.78, 5) is 41.6. The number of ketones is 2. The largest absolute Gasteiger partial charge is 0.493 e. The van der Waals surface area contributed by atoms with Crippen molar-refractivity contribution in [2.75, 3.05) is 41.0 Å². The summed E-state index contributed by atoms with van der Waals surface area (Å²) in [7, 11) is 4.76. The molecular weight excluding hydrogens is 484 g/mol. The molecular formula is C30H40N2O6. The fraction of sp³-hybridized carbons (Fsp3) is 0.567. The van der Waals surface area contributed by atoms with Gasteiger partial charge in [-0.05, 0) is 41.4 Å². The molecule has 0 bridgehead atoms. The molecule has 1 aromatic rings. The summed E-state index contributed by atoms with van der Waals surface area (Å²) in [6.07, 6.45) is 2.33. The quantitative estimate of drug-likeness (QED) is 0.546. The first-order valence-corrected chi connectivity index (χ1v) is 13.2. The molecule has 0 aromatic heterocycles. The van der Waals surface area contributed by atoms with Crippen LogP contribution in [0.1, 0.15) is 64.9 Å². The summed E-state index contributed by atoms with van der Waals surface area (Å²) in [6.45, 7) is 9.43. The minimum atomic E-state index is -0.479. The van der Waals surface area contributed by atoms with Gasteiger partial charge in [0.1, 0.15) is 0 Å². The third-order valence-electron chi connectivity index (χ3n) is 7.70. The normalized spacial score (nSPS) is 20.8. The highest BCUT2D eigenvalue weighted by molar-refractivity contribution is 6.06. The van der Waals surface area contributed by atoms with Gasteiger partial charge in [-0.15, -0.1) is 0 Å². The zero-order chi connectivity index (χ0) is 27.8. The van der Waals surface area contributed by atoms with Gasteiger partial charge in [0.2, 0.25) is 0 Å². The maximum Gasteiger partial charge on any atom is 0.257 e. The van der Waals surface area contributed by atoms with Gasteiger partial charge in [0, 0.05) is 62.0 Å². The third kappa shape index (κ3) is 5.37. The van der Waals surface area contributed by atoms with Crippen LogP contribution in [0.15, 0.2) is 40.7 Å². The van der Waals surface area contributed by atoms with Crippen LogP contribution in [0.25, 0.3) is 0 Å². The van der Waals surface area contributed by atoms with E-state index in [1.807, 2.05) is 12.1 Å². The van der Waals surface area contributed by atoms with Crippen LogP contribution in [-0.4, -0.2) is 63.4 Å². The van der Waals surface area contributed by atoms with Gasteiger partial charge in [0.05, 0.1) is 13.7 Å². The van der Waals surface area contributed by atoms with Crippen LogP contribution < -0.4 is 14.8 Å². The smallest absolute Gasteiger partial charge is 0.257 e. The fourth-order valence-corrected chi connectivity index (χ4v) is 6.03. The molecule has 0 spiro atoms. The second-order valence-electron chi connectivity index (χ2n) is 12.1. The van der Waals surface area contributed by atoms with Crippen LogP contribution >= 0.6 is 0 Å². The monoisotopic (exact) mass is 524 g/mol. The first-order chi connectivity index (χ1) is 17.9. The highest BCUT2D eigenvalue weighted by Gasteiger charge is 2.49. The van der Waals surface area contributed by atoms with Crippen LogP contribution in [0.4, 0.5) is 0 Å². The zero-order valence-electron chi connectivity index (χ0n) is 23.7. The van der Waals surface area contributed by atoms with E-state index in [0.717, 1.165) is 29.8 Å². The number of allylic oxidation sites excluding steroid dienone is 4. The number of nitrogens with one attached hydrogen (secondary N) is 1. The maximum absolute atomic E-state index is 13.8. The molecule has 1 amide bonds. The van der Waals surface area contributed by atoms with Crippen molar-refractivity contribution in [2.45, 2.75) is 59.3 Å². The molecule has 0 saturated heterocycles. The molecule has 1 heterocycles. The number of hydrogen-bond donors (Lipinski definition) is 1. The van der Waals surface area contributed by atoms with Gasteiger partial charge in [0.15, 0.2) is 29.7 Å². The second kappa shape index (κ2) is 10.6. The topological polar surface area (TPSA) is 94.2 Å². The molecule has 2 aliphatic carbocycles. The number of likely N-dealkylation sites (N-methyl/N-ethyl adjacent to an activating group) is 1. The van der Waals surface area contributed by atoms with E-state index < -0.39 is 5.92 Å². The lowest BCUT2D eigenvalue weighted by atomic mass is 9.63. The number of rotatable bonds is 8. The Bertz CT molecular complexity index is 1160. The average Bonchev–Trinajstić information content (AvgIpc) is 2.84. The first kappa shape index (κ1) is 27.9. The molecule has 0 radical (unpaired) electrons. The average molecular weight is 525 g/mol. The molecule has 3 aliphatic rings. The molecule has 4 rings (SSSR count). The Morgan fingerprint density at radius 1 is 0.947 bits per heavy atom. The number of carbonyl (C=O) groups excluding carboxylic acids is 3. The van der Waals surface area contributed by atoms with E-state index >= 15 is 0 Å². The Balaban J connectivity index is 1.90. The molecule has 8 nitrogen and oxygen atoms in total. The van der Waals surface area contributed by atoms with Crippen LogP contribution in [0.5, 0.6) is 11.5 Å².